The largest absolute Gasteiger partial charge is 0.412 e. The van der Waals surface area contributed by atoms with Crippen LogP contribution in [-0.2, 0) is 27.7 Å². The molecule has 7 heteroatoms. The molecule has 0 unspecified atom stereocenters. The van der Waals surface area contributed by atoms with Gasteiger partial charge in [0.15, 0.2) is 0 Å². The van der Waals surface area contributed by atoms with E-state index in [-0.39, 0.29) is 33.1 Å². The van der Waals surface area contributed by atoms with E-state index in [1.54, 1.807) is 0 Å². The number of hydrogen-bond donors (Lipinski definition) is 1. The van der Waals surface area contributed by atoms with Gasteiger partial charge in [-0.3, -0.25) is 0 Å². The Kier molecular flexibility index (Phi) is 11.6. The van der Waals surface area contributed by atoms with E-state index >= 15 is 0 Å². The summed E-state index contributed by atoms with van der Waals surface area (Å²) in [5, 5.41) is 0. The third-order valence-electron chi connectivity index (χ3n) is 0. The molecule has 0 fully saturated rings. The second-order valence-electron chi connectivity index (χ2n) is 0.396. The van der Waals surface area contributed by atoms with Gasteiger partial charge in [-0.2, -0.15) is 14.0 Å². The maximum atomic E-state index is 8.60. The smallest absolute Gasteiger partial charge is 0.0777 e. The zero-order valence-corrected chi connectivity index (χ0v) is 9.51. The summed E-state index contributed by atoms with van der Waals surface area (Å²) < 4.78 is 32.7. The quantitative estimate of drug-likeness (QED) is 0.450. The Labute approximate surface area is 62.1 Å². The van der Waals surface area contributed by atoms with E-state index in [2.05, 4.69) is 0 Å². The van der Waals surface area contributed by atoms with Crippen LogP contribution in [0.5, 0.6) is 0 Å². The van der Waals surface area contributed by atoms with Crippen molar-refractivity contribution in [3.8, 4) is 0 Å². The molecular formula is H3ClHgO5. The summed E-state index contributed by atoms with van der Waals surface area (Å²) in [6.45, 7) is 0. The molecule has 0 aliphatic carbocycles. The summed E-state index contributed by atoms with van der Waals surface area (Å²) in [5.74, 6) is 0. The van der Waals surface area contributed by atoms with Gasteiger partial charge in [0.1, 0.15) is 0 Å². The fourth-order valence-electron chi connectivity index (χ4n) is 0. The van der Waals surface area contributed by atoms with Crippen LogP contribution >= 0.6 is 0 Å². The first-order valence-electron chi connectivity index (χ1n) is 0.632. The topological polar surface area (TPSA) is 121 Å². The molecule has 7 heavy (non-hydrogen) atoms. The zero-order chi connectivity index (χ0) is 4.50. The first-order chi connectivity index (χ1) is 2.00. The van der Waals surface area contributed by atoms with Gasteiger partial charge in [0.25, 0.3) is 0 Å². The second kappa shape index (κ2) is 5.17. The van der Waals surface area contributed by atoms with Gasteiger partial charge >= 0.3 is 0 Å². The molecule has 0 atom stereocenters. The predicted octanol–water partition coefficient (Wildman–Crippen LogP) is -4.95. The average Bonchev–Trinajstić information content (AvgIpc) is 0.722. The first-order valence-corrected chi connectivity index (χ1v) is 1.90. The van der Waals surface area contributed by atoms with Crippen LogP contribution in [0.3, 0.4) is 0 Å². The van der Waals surface area contributed by atoms with Crippen molar-refractivity contribution in [1.29, 1.82) is 0 Å². The molecule has 0 saturated heterocycles. The minimum absolute atomic E-state index is 0. The average molecular weight is 319 g/mol. The monoisotopic (exact) mass is 320 g/mol. The molecule has 0 aliphatic heterocycles. The summed E-state index contributed by atoms with van der Waals surface area (Å²) in [6.07, 6.45) is 0. The first kappa shape index (κ1) is 15.7. The predicted molar refractivity (Wildman–Crippen MR) is 5.83 cm³/mol. The molecule has 5 nitrogen and oxygen atoms in total. The van der Waals surface area contributed by atoms with E-state index in [0.717, 1.165) is 0 Å². The molecule has 0 saturated carbocycles. The van der Waals surface area contributed by atoms with Gasteiger partial charge in [0, 0.05) is 27.7 Å². The standard InChI is InChI=1S/ClHO4.Hg.H2O/c2-1(3,4)5;;/h(H,2,3,4,5);;1H2. The van der Waals surface area contributed by atoms with Crippen molar-refractivity contribution in [2.45, 2.75) is 0 Å². The molecule has 0 bridgehead atoms. The maximum absolute atomic E-state index is 8.60. The second-order valence-corrected chi connectivity index (χ2v) is 1.19. The normalized spacial score (nSPS) is 8.57. The van der Waals surface area contributed by atoms with Gasteiger partial charge in [-0.15, -0.1) is 0 Å². The van der Waals surface area contributed by atoms with Gasteiger partial charge in [0.05, 0.1) is 14.9 Å². The molecule has 0 heterocycles. The third kappa shape index (κ3) is 169. The van der Waals surface area contributed by atoms with Gasteiger partial charge in [-0.05, 0) is 0 Å². The Morgan fingerprint density at radius 2 is 1.14 bits per heavy atom. The molecule has 0 amide bonds. The summed E-state index contributed by atoms with van der Waals surface area (Å²) in [7, 11) is -4.69. The van der Waals surface area contributed by atoms with Crippen molar-refractivity contribution >= 4 is 0 Å². The van der Waals surface area contributed by atoms with Crippen LogP contribution in [-0.4, -0.2) is 10.1 Å². The van der Waals surface area contributed by atoms with Crippen molar-refractivity contribution in [3.05, 3.63) is 0 Å². The van der Waals surface area contributed by atoms with Crippen LogP contribution < -0.4 is 14.0 Å². The van der Waals surface area contributed by atoms with E-state index < -0.39 is 10.2 Å². The molecule has 0 aromatic rings. The minimum Gasteiger partial charge on any atom is -0.412 e. The summed E-state index contributed by atoms with van der Waals surface area (Å²) in [6, 6.07) is 0. The molecule has 42 valence electrons. The maximum Gasteiger partial charge on any atom is 0.0777 e. The number of halogens is 1. The van der Waals surface area contributed by atoms with Crippen LogP contribution in [0.2, 0.25) is 0 Å². The van der Waals surface area contributed by atoms with Gasteiger partial charge in [-0.1, -0.05) is 0 Å². The zero-order valence-electron chi connectivity index (χ0n) is 3.26. The van der Waals surface area contributed by atoms with Crippen molar-refractivity contribution in [2.24, 2.45) is 0 Å². The van der Waals surface area contributed by atoms with Gasteiger partial charge in [0.2, 0.25) is 0 Å². The summed E-state index contributed by atoms with van der Waals surface area (Å²) >= 11 is 0. The van der Waals surface area contributed by atoms with Gasteiger partial charge in [-0.25, -0.2) is 0 Å². The van der Waals surface area contributed by atoms with E-state index in [9.17, 15) is 0 Å². The van der Waals surface area contributed by atoms with E-state index in [4.69, 9.17) is 18.6 Å². The van der Waals surface area contributed by atoms with Crippen LogP contribution in [0.1, 0.15) is 0 Å². The SMILES string of the molecule is O.[Hg].[O-][Cl+3]([O-])([O-])O. The molecular weight excluding hydrogens is 316 g/mol. The Morgan fingerprint density at radius 3 is 1.14 bits per heavy atom. The van der Waals surface area contributed by atoms with Crippen LogP contribution in [0.4, 0.5) is 0 Å². The number of rotatable bonds is 0. The number of hydrogen-bond acceptors (Lipinski definition) is 4. The van der Waals surface area contributed by atoms with Gasteiger partial charge < -0.3 is 5.48 Å². The molecule has 0 aromatic carbocycles. The molecule has 0 aliphatic rings. The Bertz CT molecular complexity index is 23.6. The van der Waals surface area contributed by atoms with Crippen molar-refractivity contribution in [2.75, 3.05) is 0 Å². The van der Waals surface area contributed by atoms with Crippen LogP contribution in [0, 0.1) is 10.2 Å². The molecule has 0 aromatic heterocycles. The van der Waals surface area contributed by atoms with Crippen LogP contribution in [0.25, 0.3) is 0 Å². The fraction of sp³-hybridized carbons (Fsp3) is 0. The molecule has 0 spiro atoms. The van der Waals surface area contributed by atoms with E-state index in [1.807, 2.05) is 0 Å². The molecule has 3 N–H and O–H groups in total. The molecule has 0 radical (unpaired) electrons. The Morgan fingerprint density at radius 1 is 1.14 bits per heavy atom. The summed E-state index contributed by atoms with van der Waals surface area (Å²) in [4.78, 5) is 0. The third-order valence-corrected chi connectivity index (χ3v) is 0. The Balaban J connectivity index is -0.0000000800. The summed E-state index contributed by atoms with van der Waals surface area (Å²) in [5.41, 5.74) is 0. The van der Waals surface area contributed by atoms with Crippen molar-refractivity contribution in [1.82, 2.24) is 0 Å². The van der Waals surface area contributed by atoms with E-state index in [0.29, 0.717) is 0 Å². The fourth-order valence-corrected chi connectivity index (χ4v) is 0. The Hall–Kier alpha value is 1.03. The minimum atomic E-state index is -4.69. The van der Waals surface area contributed by atoms with Crippen molar-refractivity contribution in [3.63, 3.8) is 0 Å². The van der Waals surface area contributed by atoms with Crippen molar-refractivity contribution < 1.29 is 62.0 Å². The van der Waals surface area contributed by atoms with Crippen LogP contribution in [0.15, 0.2) is 0 Å². The van der Waals surface area contributed by atoms with E-state index in [1.165, 1.54) is 0 Å². The molecule has 0 rings (SSSR count).